The Bertz CT molecular complexity index is 3660. The van der Waals surface area contributed by atoms with E-state index >= 15 is 0 Å². The number of nitrogens with zero attached hydrogens (tertiary/aromatic N) is 5. The maximum atomic E-state index is 14.9. The lowest BCUT2D eigenvalue weighted by atomic mass is 9.89. The van der Waals surface area contributed by atoms with Gasteiger partial charge in [-0.15, -0.1) is 0 Å². The van der Waals surface area contributed by atoms with Crippen LogP contribution in [0, 0.1) is 29.6 Å². The number of imide groups is 1. The minimum Gasteiger partial charge on any atom is -0.444 e. The van der Waals surface area contributed by atoms with Crippen LogP contribution in [0.2, 0.25) is 0 Å². The minimum atomic E-state index is -5.47. The fraction of sp³-hybridized carbons (Fsp3) is 0.582. The number of rotatable bonds is 43. The highest BCUT2D eigenvalue weighted by Gasteiger charge is 2.46. The molecule has 2 aliphatic rings. The molecule has 3 aromatic rings. The third-order valence-electron chi connectivity index (χ3n) is 20.2. The molecule has 2 heterocycles. The van der Waals surface area contributed by atoms with Gasteiger partial charge < -0.3 is 66.4 Å². The number of nitrogens with two attached hydrogens (primary N) is 1. The molecule has 11 atom stereocenters. The van der Waals surface area contributed by atoms with Crippen LogP contribution in [0.15, 0.2) is 91.0 Å². The number of halogens is 3. The van der Waals surface area contributed by atoms with Crippen LogP contribution in [-0.4, -0.2) is 219 Å². The van der Waals surface area contributed by atoms with Crippen LogP contribution in [0.1, 0.15) is 143 Å². The highest BCUT2D eigenvalue weighted by atomic mass is 19.4. The molecule has 5 rings (SSSR count). The number of urea groups is 1. The van der Waals surface area contributed by atoms with Crippen molar-refractivity contribution >= 4 is 88.6 Å². The Morgan fingerprint density at radius 3 is 1.87 bits per heavy atom. The number of ether oxygens (including phenoxy) is 4. The number of benzene rings is 3. The number of amides is 12. The number of likely N-dealkylation sites (N-methyl/N-ethyl adjacent to an activating group) is 2. The molecule has 111 heavy (non-hydrogen) atoms. The summed E-state index contributed by atoms with van der Waals surface area (Å²) in [6.07, 6.45) is -2.07. The van der Waals surface area contributed by atoms with E-state index in [1.807, 2.05) is 65.6 Å². The number of anilines is 2. The molecule has 0 spiro atoms. The van der Waals surface area contributed by atoms with Crippen molar-refractivity contribution in [3.63, 3.8) is 0 Å². The molecule has 29 nitrogen and oxygen atoms in total. The molecule has 0 bridgehead atoms. The Morgan fingerprint density at radius 2 is 1.30 bits per heavy atom. The van der Waals surface area contributed by atoms with E-state index in [0.717, 1.165) is 10.5 Å². The van der Waals surface area contributed by atoms with Crippen LogP contribution in [0.25, 0.3) is 0 Å². The fourth-order valence-corrected chi connectivity index (χ4v) is 13.7. The molecule has 12 amide bonds. The van der Waals surface area contributed by atoms with Gasteiger partial charge in [-0.1, -0.05) is 130 Å². The SMILES string of the molecule is CC[C@H](C)[C@@H]([C@@H](CC(=O)N1CCC[C@H]1[C@H](OC)[C@@H](C)C(=O)N[C@@H](Cc1ccccc1)C(=O)OC(=O)C(F)(F)F)OC)N(C)C(=O)[C@@H](NC(=O)[C@H](C(C)C)N(C)CCc1ccc(N(C)C(=O)OCc2ccc(NC(=O)[C@H](CCCNC(N)=O)NC(=O)[C@@H](NC(=O)CCCCCN3C(=O)C=CC3=O)C(C)C)cc2)cc1)C(C)C. The monoisotopic (exact) mass is 1560 g/mol. The van der Waals surface area contributed by atoms with E-state index in [9.17, 15) is 75.5 Å². The molecule has 2 aliphatic heterocycles. The second-order valence-electron chi connectivity index (χ2n) is 29.4. The van der Waals surface area contributed by atoms with Gasteiger partial charge in [0.1, 0.15) is 30.8 Å². The maximum Gasteiger partial charge on any atom is 0.491 e. The van der Waals surface area contributed by atoms with Crippen LogP contribution >= 0.6 is 0 Å². The third-order valence-corrected chi connectivity index (χ3v) is 20.2. The van der Waals surface area contributed by atoms with Crippen molar-refractivity contribution in [3.05, 3.63) is 108 Å². The average molecular weight is 1560 g/mol. The summed E-state index contributed by atoms with van der Waals surface area (Å²) in [5.41, 5.74) is 8.10. The zero-order valence-electron chi connectivity index (χ0n) is 66.2. The van der Waals surface area contributed by atoms with Crippen molar-refractivity contribution < 1.29 is 94.4 Å². The summed E-state index contributed by atoms with van der Waals surface area (Å²) in [5.74, 6) is -10.9. The van der Waals surface area contributed by atoms with Gasteiger partial charge in [-0.05, 0) is 117 Å². The first-order valence-corrected chi connectivity index (χ1v) is 37.8. The highest BCUT2D eigenvalue weighted by Crippen LogP contribution is 2.31. The molecule has 3 aromatic carbocycles. The number of unbranched alkanes of at least 4 members (excludes halogenated alkanes) is 2. The number of esters is 2. The predicted molar refractivity (Wildman–Crippen MR) is 407 cm³/mol. The summed E-state index contributed by atoms with van der Waals surface area (Å²) >= 11 is 0. The molecule has 0 radical (unpaired) electrons. The second kappa shape index (κ2) is 44.3. The molecule has 0 unspecified atom stereocenters. The van der Waals surface area contributed by atoms with Crippen molar-refractivity contribution in [1.29, 1.82) is 0 Å². The standard InChI is InChI=1S/C79H113F3N12O17/c1-15-50(8)68(60(108-13)45-64(98)93-42-23-27-59(93)69(109-14)51(9)70(99)87-58(44-53-24-18-16-19-25-53)75(104)111-76(105)79(80,81)82)92(12)74(103)66(48(4)5)89-73(102)67(49(6)7)90(10)43-39-52-31-35-56(36-32-52)91(11)78(107)110-46-54-29-33-55(34-30-54)85-71(100)57(26-22-40-84-77(83)106)86-72(101)65(47(2)3)88-61(95)28-20-17-21-41-94-62(96)37-38-63(94)97/h16,18-19,24-25,29-38,47-51,57-60,65-69H,15,17,20-23,26-28,39-46H2,1-14H3,(H,85,100)(H,86,101)(H,87,99)(H,88,95)(H,89,102)(H3,83,84,106)/t50-,51+,57-,58-,59-,60+,65-,66-,67-,68-,69+/m0/s1. The van der Waals surface area contributed by atoms with Gasteiger partial charge in [0.15, 0.2) is 0 Å². The zero-order chi connectivity index (χ0) is 82.6. The van der Waals surface area contributed by atoms with Crippen LogP contribution in [0.4, 0.5) is 34.1 Å². The molecule has 1 saturated heterocycles. The van der Waals surface area contributed by atoms with Gasteiger partial charge >= 0.3 is 30.2 Å². The smallest absolute Gasteiger partial charge is 0.444 e. The average Bonchev–Trinajstić information content (AvgIpc) is 1.79. The van der Waals surface area contributed by atoms with E-state index in [1.54, 1.807) is 104 Å². The van der Waals surface area contributed by atoms with Gasteiger partial charge in [0.25, 0.3) is 11.8 Å². The molecule has 1 fully saturated rings. The van der Waals surface area contributed by atoms with Gasteiger partial charge in [0, 0.05) is 90.9 Å². The highest BCUT2D eigenvalue weighted by molar-refractivity contribution is 6.13. The van der Waals surface area contributed by atoms with E-state index in [1.165, 1.54) is 38.2 Å². The third kappa shape index (κ3) is 27.9. The first-order chi connectivity index (χ1) is 52.4. The number of likely N-dealkylation sites (tertiary alicyclic amines) is 1. The maximum absolute atomic E-state index is 14.9. The lowest BCUT2D eigenvalue weighted by Crippen LogP contribution is -2.60. The van der Waals surface area contributed by atoms with Crippen molar-refractivity contribution in [2.45, 2.75) is 207 Å². The second-order valence-corrected chi connectivity index (χ2v) is 29.4. The summed E-state index contributed by atoms with van der Waals surface area (Å²) in [6, 6.07) is 14.3. The van der Waals surface area contributed by atoms with Crippen LogP contribution < -0.4 is 42.5 Å². The number of primary amides is 1. The number of carbonyl (C=O) groups is 13. The Labute approximate surface area is 648 Å². The molecule has 0 saturated carbocycles. The molecular weight excluding hydrogens is 1450 g/mol. The van der Waals surface area contributed by atoms with Gasteiger partial charge in [-0.2, -0.15) is 13.2 Å². The topological polar surface area (TPSA) is 373 Å². The minimum absolute atomic E-state index is 0.0873. The van der Waals surface area contributed by atoms with E-state index in [0.29, 0.717) is 74.0 Å². The van der Waals surface area contributed by atoms with Gasteiger partial charge in [0.05, 0.1) is 42.7 Å². The molecular formula is C79H113F3N12O17. The lowest BCUT2D eigenvalue weighted by Gasteiger charge is -2.41. The molecule has 0 aromatic heterocycles. The van der Waals surface area contributed by atoms with Crippen LogP contribution in [-0.2, 0) is 91.1 Å². The predicted octanol–water partition coefficient (Wildman–Crippen LogP) is 6.88. The van der Waals surface area contributed by atoms with Gasteiger partial charge in [-0.25, -0.2) is 19.2 Å². The van der Waals surface area contributed by atoms with E-state index in [2.05, 4.69) is 36.6 Å². The van der Waals surface area contributed by atoms with E-state index < -0.39 is 114 Å². The van der Waals surface area contributed by atoms with Gasteiger partial charge in [-0.3, -0.25) is 57.9 Å². The lowest BCUT2D eigenvalue weighted by molar-refractivity contribution is -0.202. The van der Waals surface area contributed by atoms with Crippen LogP contribution in [0.3, 0.4) is 0 Å². The van der Waals surface area contributed by atoms with Crippen molar-refractivity contribution in [2.24, 2.45) is 35.3 Å². The molecule has 0 aliphatic carbocycles. The summed E-state index contributed by atoms with van der Waals surface area (Å²) in [6.45, 7) is 17.3. The zero-order valence-corrected chi connectivity index (χ0v) is 66.2. The van der Waals surface area contributed by atoms with Crippen molar-refractivity contribution in [3.8, 4) is 0 Å². The summed E-state index contributed by atoms with van der Waals surface area (Å²) in [7, 11) is 7.82. The summed E-state index contributed by atoms with van der Waals surface area (Å²) < 4.78 is 61.3. The van der Waals surface area contributed by atoms with Crippen LogP contribution in [0.5, 0.6) is 0 Å². The number of methoxy groups -OCH3 is 2. The number of alkyl halides is 3. The Hall–Kier alpha value is -9.82. The Balaban J connectivity index is 1.14. The van der Waals surface area contributed by atoms with Crippen molar-refractivity contribution in [2.75, 3.05) is 71.8 Å². The molecule has 32 heteroatoms. The normalized spacial score (nSPS) is 16.4. The first-order valence-electron chi connectivity index (χ1n) is 37.8. The largest absolute Gasteiger partial charge is 0.491 e. The van der Waals surface area contributed by atoms with Gasteiger partial charge in [0.2, 0.25) is 41.4 Å². The quantitative estimate of drug-likeness (QED) is 0.0131. The molecule has 612 valence electrons. The number of hydrogen-bond donors (Lipinski definition) is 7. The Morgan fingerprint density at radius 1 is 0.676 bits per heavy atom. The summed E-state index contributed by atoms with van der Waals surface area (Å²) in [5, 5.41) is 16.3. The van der Waals surface area contributed by atoms with Crippen molar-refractivity contribution in [1.82, 2.24) is 46.2 Å². The van der Waals surface area contributed by atoms with E-state index in [4.69, 9.17) is 19.9 Å². The molecule has 8 N–H and O–H groups in total. The summed E-state index contributed by atoms with van der Waals surface area (Å²) in [4.78, 5) is 179. The number of carbonyl (C=O) groups excluding carboxylic acids is 13. The van der Waals surface area contributed by atoms with E-state index in [-0.39, 0.29) is 112 Å². The first kappa shape index (κ1) is 91.8. The Kier molecular flexibility index (Phi) is 36.6. The number of nitrogens with one attached hydrogen (secondary N) is 6. The fourth-order valence-electron chi connectivity index (χ4n) is 13.7. The number of hydrogen-bond acceptors (Lipinski definition) is 18.